The van der Waals surface area contributed by atoms with Gasteiger partial charge in [0.05, 0.1) is 18.1 Å². The van der Waals surface area contributed by atoms with Gasteiger partial charge < -0.3 is 14.4 Å². The zero-order valence-corrected chi connectivity index (χ0v) is 22.0. The summed E-state index contributed by atoms with van der Waals surface area (Å²) < 4.78 is 10.8. The molecule has 5 heterocycles. The Kier molecular flexibility index (Phi) is 8.14. The molecule has 1 N–H and O–H groups in total. The number of rotatable bonds is 7. The Morgan fingerprint density at radius 2 is 2.05 bits per heavy atom. The van der Waals surface area contributed by atoms with Gasteiger partial charge in [-0.1, -0.05) is 0 Å². The van der Waals surface area contributed by atoms with Gasteiger partial charge in [0.25, 0.3) is 0 Å². The lowest BCUT2D eigenvalue weighted by atomic mass is 9.96. The highest BCUT2D eigenvalue weighted by Gasteiger charge is 2.29. The molecule has 2 aromatic heterocycles. The number of urea groups is 1. The van der Waals surface area contributed by atoms with Crippen LogP contribution < -0.4 is 10.2 Å². The molecule has 0 radical (unpaired) electrons. The predicted molar refractivity (Wildman–Crippen MR) is 141 cm³/mol. The predicted octanol–water partition coefficient (Wildman–Crippen LogP) is 2.72. The molecule has 2 fully saturated rings. The molecule has 204 valence electrons. The summed E-state index contributed by atoms with van der Waals surface area (Å²) in [5.74, 6) is 0.932. The van der Waals surface area contributed by atoms with E-state index >= 15 is 0 Å². The number of hydrogen-bond acceptors (Lipinski definition) is 8. The third-order valence-corrected chi connectivity index (χ3v) is 7.57. The van der Waals surface area contributed by atoms with Crippen molar-refractivity contribution in [3.63, 3.8) is 0 Å². The molecule has 11 nitrogen and oxygen atoms in total. The van der Waals surface area contributed by atoms with Crippen molar-refractivity contribution in [1.82, 2.24) is 14.9 Å². The summed E-state index contributed by atoms with van der Waals surface area (Å²) >= 11 is 0. The van der Waals surface area contributed by atoms with E-state index in [1.807, 2.05) is 6.07 Å². The second kappa shape index (κ2) is 11.9. The van der Waals surface area contributed by atoms with Crippen molar-refractivity contribution >= 4 is 29.9 Å². The molecule has 0 aromatic carbocycles. The summed E-state index contributed by atoms with van der Waals surface area (Å²) in [7, 11) is 1.72. The molecule has 3 amide bonds. The zero-order chi connectivity index (χ0) is 27.4. The third kappa shape index (κ3) is 5.92. The highest BCUT2D eigenvalue weighted by atomic mass is 16.5. The average molecular weight is 533 g/mol. The third-order valence-electron chi connectivity index (χ3n) is 7.57. The molecule has 0 spiro atoms. The van der Waals surface area contributed by atoms with Crippen molar-refractivity contribution in [2.75, 3.05) is 50.2 Å². The van der Waals surface area contributed by atoms with Crippen LogP contribution in [0, 0.1) is 23.2 Å². The molecule has 2 atom stereocenters. The van der Waals surface area contributed by atoms with Crippen LogP contribution in [0.3, 0.4) is 0 Å². The van der Waals surface area contributed by atoms with Crippen molar-refractivity contribution in [2.24, 2.45) is 11.8 Å². The first-order valence-electron chi connectivity index (χ1n) is 13.3. The molecular formula is C28H32N6O5. The van der Waals surface area contributed by atoms with Crippen molar-refractivity contribution in [3.8, 4) is 6.07 Å². The molecule has 2 aromatic rings. The first-order chi connectivity index (χ1) is 19.0. The molecule has 0 unspecified atom stereocenters. The number of nitrogens with zero attached hydrogens (tertiary/aromatic N) is 5. The van der Waals surface area contributed by atoms with Crippen LogP contribution in [0.1, 0.15) is 52.0 Å². The summed E-state index contributed by atoms with van der Waals surface area (Å²) in [6.45, 7) is 3.06. The molecule has 11 heteroatoms. The van der Waals surface area contributed by atoms with E-state index in [0.29, 0.717) is 80.6 Å². The molecular weight excluding hydrogens is 500 g/mol. The van der Waals surface area contributed by atoms with Crippen LogP contribution in [0.15, 0.2) is 18.3 Å². The quantitative estimate of drug-likeness (QED) is 0.538. The Morgan fingerprint density at radius 1 is 1.23 bits per heavy atom. The van der Waals surface area contributed by atoms with E-state index in [9.17, 15) is 19.6 Å². The van der Waals surface area contributed by atoms with Crippen LogP contribution in [0.5, 0.6) is 0 Å². The monoisotopic (exact) mass is 532 g/mol. The highest BCUT2D eigenvalue weighted by molar-refractivity contribution is 6.01. The topological polar surface area (TPSA) is 138 Å². The Hall–Kier alpha value is -3.88. The minimum atomic E-state index is -0.408. The molecule has 39 heavy (non-hydrogen) atoms. The fourth-order valence-corrected chi connectivity index (χ4v) is 5.43. The van der Waals surface area contributed by atoms with Crippen LogP contribution >= 0.6 is 0 Å². The normalized spacial score (nSPS) is 20.3. The minimum Gasteiger partial charge on any atom is -0.381 e. The summed E-state index contributed by atoms with van der Waals surface area (Å²) in [6, 6.07) is 5.39. The molecule has 3 aliphatic heterocycles. The van der Waals surface area contributed by atoms with Gasteiger partial charge in [0.15, 0.2) is 6.29 Å². The number of nitrogens with one attached hydrogen (secondary N) is 1. The molecule has 2 saturated heterocycles. The number of ether oxygens (including phenoxy) is 2. The van der Waals surface area contributed by atoms with Gasteiger partial charge in [-0.2, -0.15) is 5.26 Å². The summed E-state index contributed by atoms with van der Waals surface area (Å²) in [4.78, 5) is 50.0. The molecule has 5 rings (SSSR count). The number of fused-ring (bicyclic) bond motifs is 1. The number of carbonyl (C=O) groups excluding carboxylic acids is 3. The molecule has 0 aliphatic carbocycles. The Morgan fingerprint density at radius 3 is 2.77 bits per heavy atom. The fraction of sp³-hybridized carbons (Fsp3) is 0.500. The zero-order valence-electron chi connectivity index (χ0n) is 22.0. The number of aldehydes is 1. The number of pyridine rings is 2. The van der Waals surface area contributed by atoms with Crippen LogP contribution in [0.2, 0.25) is 0 Å². The van der Waals surface area contributed by atoms with E-state index in [1.165, 1.54) is 11.1 Å². The minimum absolute atomic E-state index is 0.0159. The number of aromatic nitrogens is 2. The second-order valence-electron chi connectivity index (χ2n) is 10.3. The molecule has 0 saturated carbocycles. The fourth-order valence-electron chi connectivity index (χ4n) is 5.43. The lowest BCUT2D eigenvalue weighted by Crippen LogP contribution is -2.40. The highest BCUT2D eigenvalue weighted by Crippen LogP contribution is 2.29. The van der Waals surface area contributed by atoms with Gasteiger partial charge in [-0.3, -0.25) is 19.8 Å². The second-order valence-corrected chi connectivity index (χ2v) is 10.3. The maximum atomic E-state index is 13.3. The van der Waals surface area contributed by atoms with Gasteiger partial charge in [-0.25, -0.2) is 14.8 Å². The van der Waals surface area contributed by atoms with Crippen LogP contribution in [-0.2, 0) is 33.7 Å². The van der Waals surface area contributed by atoms with Gasteiger partial charge in [0.1, 0.15) is 23.4 Å². The largest absolute Gasteiger partial charge is 0.381 e. The van der Waals surface area contributed by atoms with Crippen LogP contribution in [-0.4, -0.2) is 73.1 Å². The van der Waals surface area contributed by atoms with Crippen LogP contribution in [0.25, 0.3) is 0 Å². The van der Waals surface area contributed by atoms with E-state index in [4.69, 9.17) is 9.47 Å². The maximum Gasteiger partial charge on any atom is 0.328 e. The van der Waals surface area contributed by atoms with Crippen molar-refractivity contribution in [2.45, 2.75) is 38.6 Å². The lowest BCUT2D eigenvalue weighted by Gasteiger charge is -2.29. The van der Waals surface area contributed by atoms with E-state index in [1.54, 1.807) is 18.0 Å². The van der Waals surface area contributed by atoms with E-state index < -0.39 is 6.03 Å². The van der Waals surface area contributed by atoms with Gasteiger partial charge >= 0.3 is 6.03 Å². The number of hydrogen-bond donors (Lipinski definition) is 1. The molecule has 0 bridgehead atoms. The van der Waals surface area contributed by atoms with Crippen molar-refractivity contribution in [3.05, 3.63) is 46.3 Å². The maximum absolute atomic E-state index is 13.3. The lowest BCUT2D eigenvalue weighted by molar-refractivity contribution is -0.134. The van der Waals surface area contributed by atoms with E-state index in [2.05, 4.69) is 21.4 Å². The summed E-state index contributed by atoms with van der Waals surface area (Å²) in [5.41, 5.74) is 3.00. The summed E-state index contributed by atoms with van der Waals surface area (Å²) in [6.07, 6.45) is 5.89. The number of aryl methyl sites for hydroxylation is 1. The number of nitriles is 1. The Bertz CT molecular complexity index is 1300. The smallest absolute Gasteiger partial charge is 0.328 e. The Balaban J connectivity index is 1.33. The number of amides is 3. The average Bonchev–Trinajstić information content (AvgIpc) is 3.67. The summed E-state index contributed by atoms with van der Waals surface area (Å²) in [5, 5.41) is 12.4. The van der Waals surface area contributed by atoms with Gasteiger partial charge in [0.2, 0.25) is 5.91 Å². The van der Waals surface area contributed by atoms with Gasteiger partial charge in [-0.05, 0) is 61.3 Å². The SMILES string of the molecule is CN(Cc1cc2c(nc1C=O)N(C(=O)Nc1cc(C[C@@H]3CCOC3)c(C#N)cn1)CCC2)C(=O)[C@@H]1CCOC1. The molecule has 3 aliphatic rings. The standard InChI is InChI=1S/C28H32N6O5/c1-33(27(36)20-5-8-39-17-20)14-22-10-19-3-2-6-34(26(19)31-24(22)15-35)28(37)32-25-11-21(23(12-29)13-30-25)9-18-4-7-38-16-18/h10-11,13,15,18,20H,2-9,14,16-17H2,1H3,(H,30,32,37)/t18-,20+/m0/s1. The van der Waals surface area contributed by atoms with Crippen molar-refractivity contribution < 1.29 is 23.9 Å². The van der Waals surface area contributed by atoms with Gasteiger partial charge in [-0.15, -0.1) is 0 Å². The first kappa shape index (κ1) is 26.7. The van der Waals surface area contributed by atoms with Crippen molar-refractivity contribution in [1.29, 1.82) is 5.26 Å². The van der Waals surface area contributed by atoms with Gasteiger partial charge in [0, 0.05) is 51.7 Å². The van der Waals surface area contributed by atoms with E-state index in [-0.39, 0.29) is 24.1 Å². The first-order valence-corrected chi connectivity index (χ1v) is 13.3. The Labute approximate surface area is 227 Å². The number of carbonyl (C=O) groups is 3. The van der Waals surface area contributed by atoms with Crippen LogP contribution in [0.4, 0.5) is 16.4 Å². The van der Waals surface area contributed by atoms with E-state index in [0.717, 1.165) is 30.6 Å². The number of anilines is 2.